The number of amides is 1. The molecular formula is C26H30F3N3O. The number of benzene rings is 2. The number of carbonyl (C=O) groups excluding carboxylic acids is 1. The average Bonchev–Trinajstić information content (AvgIpc) is 3.24. The molecule has 0 atom stereocenters. The molecule has 1 saturated heterocycles. The van der Waals surface area contributed by atoms with Gasteiger partial charge >= 0.3 is 6.18 Å². The highest BCUT2D eigenvalue weighted by Crippen LogP contribution is 2.37. The first kappa shape index (κ1) is 22.3. The Bertz CT molecular complexity index is 1030. The second-order valence-electron chi connectivity index (χ2n) is 9.39. The van der Waals surface area contributed by atoms with Crippen LogP contribution in [0.2, 0.25) is 0 Å². The van der Waals surface area contributed by atoms with Crippen LogP contribution in [0.25, 0.3) is 0 Å². The van der Waals surface area contributed by atoms with E-state index in [1.807, 2.05) is 4.90 Å². The lowest BCUT2D eigenvalue weighted by molar-refractivity contribution is -0.137. The molecule has 2 aromatic rings. The summed E-state index contributed by atoms with van der Waals surface area (Å²) in [5.74, 6) is 0.266. The molecule has 0 bridgehead atoms. The Morgan fingerprint density at radius 2 is 1.61 bits per heavy atom. The lowest BCUT2D eigenvalue weighted by Gasteiger charge is -2.36. The van der Waals surface area contributed by atoms with Crippen molar-refractivity contribution in [3.05, 3.63) is 58.7 Å². The van der Waals surface area contributed by atoms with Gasteiger partial charge in [0, 0.05) is 44.8 Å². The largest absolute Gasteiger partial charge is 0.416 e. The minimum absolute atomic E-state index is 0.266. The highest BCUT2D eigenvalue weighted by molar-refractivity contribution is 5.98. The monoisotopic (exact) mass is 457 g/mol. The molecule has 2 aromatic carbocycles. The fourth-order valence-electron chi connectivity index (χ4n) is 5.45. The van der Waals surface area contributed by atoms with Gasteiger partial charge in [0.05, 0.1) is 11.3 Å². The zero-order chi connectivity index (χ0) is 23.0. The fraction of sp³-hybridized carbons (Fsp3) is 0.500. The van der Waals surface area contributed by atoms with Crippen LogP contribution in [0, 0.1) is 0 Å². The lowest BCUT2D eigenvalue weighted by atomic mass is 9.95. The van der Waals surface area contributed by atoms with Gasteiger partial charge in [-0.2, -0.15) is 13.2 Å². The van der Waals surface area contributed by atoms with E-state index in [4.69, 9.17) is 0 Å². The number of hydrogen-bond acceptors (Lipinski definition) is 3. The van der Waals surface area contributed by atoms with Crippen LogP contribution in [0.4, 0.5) is 24.5 Å². The Morgan fingerprint density at radius 3 is 2.36 bits per heavy atom. The SMILES string of the molecule is O=C1CCc2cc(CCCCN3CCN(c4cccc(C(F)(F)F)c4)CC3)cc3c2N1CC3. The maximum absolute atomic E-state index is 13.0. The van der Waals surface area contributed by atoms with Gasteiger partial charge in [-0.25, -0.2) is 0 Å². The molecule has 0 aromatic heterocycles. The molecule has 3 heterocycles. The molecule has 7 heteroatoms. The molecular weight excluding hydrogens is 427 g/mol. The number of alkyl halides is 3. The molecule has 4 nitrogen and oxygen atoms in total. The van der Waals surface area contributed by atoms with E-state index in [-0.39, 0.29) is 5.91 Å². The Balaban J connectivity index is 1.08. The molecule has 5 rings (SSSR count). The van der Waals surface area contributed by atoms with Crippen LogP contribution in [0.5, 0.6) is 0 Å². The number of rotatable bonds is 6. The smallest absolute Gasteiger partial charge is 0.369 e. The second-order valence-corrected chi connectivity index (χ2v) is 9.39. The molecule has 1 fully saturated rings. The van der Waals surface area contributed by atoms with Gasteiger partial charge in [0.25, 0.3) is 0 Å². The van der Waals surface area contributed by atoms with Crippen LogP contribution >= 0.6 is 0 Å². The molecule has 3 aliphatic heterocycles. The van der Waals surface area contributed by atoms with E-state index in [2.05, 4.69) is 21.9 Å². The summed E-state index contributed by atoms with van der Waals surface area (Å²) in [4.78, 5) is 18.5. The molecule has 0 unspecified atom stereocenters. The number of unbranched alkanes of at least 4 members (excludes halogenated alkanes) is 1. The van der Waals surface area contributed by atoms with Crippen LogP contribution in [0.15, 0.2) is 36.4 Å². The summed E-state index contributed by atoms with van der Waals surface area (Å²) in [5, 5.41) is 0. The molecule has 33 heavy (non-hydrogen) atoms. The van der Waals surface area contributed by atoms with E-state index in [0.29, 0.717) is 12.1 Å². The highest BCUT2D eigenvalue weighted by Gasteiger charge is 2.32. The number of piperazine rings is 1. The minimum atomic E-state index is -4.30. The fourth-order valence-corrected chi connectivity index (χ4v) is 5.45. The van der Waals surface area contributed by atoms with Crippen molar-refractivity contribution in [1.82, 2.24) is 4.90 Å². The topological polar surface area (TPSA) is 26.8 Å². The second kappa shape index (κ2) is 9.01. The van der Waals surface area contributed by atoms with Crippen molar-refractivity contribution in [2.24, 2.45) is 0 Å². The maximum Gasteiger partial charge on any atom is 0.416 e. The van der Waals surface area contributed by atoms with Gasteiger partial charge in [-0.1, -0.05) is 18.2 Å². The third kappa shape index (κ3) is 4.74. The van der Waals surface area contributed by atoms with Gasteiger partial charge in [-0.05, 0) is 73.5 Å². The quantitative estimate of drug-likeness (QED) is 0.589. The first-order valence-corrected chi connectivity index (χ1v) is 12.0. The molecule has 0 N–H and O–H groups in total. The van der Waals surface area contributed by atoms with Crippen molar-refractivity contribution >= 4 is 17.3 Å². The van der Waals surface area contributed by atoms with Crippen molar-refractivity contribution < 1.29 is 18.0 Å². The molecule has 0 saturated carbocycles. The van der Waals surface area contributed by atoms with E-state index in [9.17, 15) is 18.0 Å². The summed E-state index contributed by atoms with van der Waals surface area (Å²) in [6.45, 7) is 5.12. The molecule has 0 spiro atoms. The minimum Gasteiger partial charge on any atom is -0.369 e. The molecule has 0 radical (unpaired) electrons. The van der Waals surface area contributed by atoms with Crippen LogP contribution in [-0.4, -0.2) is 50.1 Å². The van der Waals surface area contributed by atoms with Gasteiger partial charge in [0.2, 0.25) is 5.91 Å². The number of carbonyl (C=O) groups is 1. The summed E-state index contributed by atoms with van der Waals surface area (Å²) >= 11 is 0. The van der Waals surface area contributed by atoms with E-state index >= 15 is 0 Å². The molecule has 3 aliphatic rings. The Labute approximate surface area is 193 Å². The predicted molar refractivity (Wildman–Crippen MR) is 124 cm³/mol. The molecule has 176 valence electrons. The Morgan fingerprint density at radius 1 is 0.848 bits per heavy atom. The normalized spacial score (nSPS) is 18.7. The third-order valence-corrected chi connectivity index (χ3v) is 7.21. The number of anilines is 2. The van der Waals surface area contributed by atoms with Gasteiger partial charge in [-0.15, -0.1) is 0 Å². The van der Waals surface area contributed by atoms with Crippen molar-refractivity contribution in [2.75, 3.05) is 49.1 Å². The van der Waals surface area contributed by atoms with Gasteiger partial charge in [0.1, 0.15) is 0 Å². The van der Waals surface area contributed by atoms with Crippen molar-refractivity contribution in [3.63, 3.8) is 0 Å². The van der Waals surface area contributed by atoms with Crippen LogP contribution in [0.3, 0.4) is 0 Å². The Kier molecular flexibility index (Phi) is 6.08. The summed E-state index contributed by atoms with van der Waals surface area (Å²) < 4.78 is 39.0. The zero-order valence-electron chi connectivity index (χ0n) is 18.8. The van der Waals surface area contributed by atoms with Gasteiger partial charge in [0.15, 0.2) is 0 Å². The lowest BCUT2D eigenvalue weighted by Crippen LogP contribution is -2.46. The summed E-state index contributed by atoms with van der Waals surface area (Å²) in [7, 11) is 0. The number of nitrogens with zero attached hydrogens (tertiary/aromatic N) is 3. The molecule has 0 aliphatic carbocycles. The van der Waals surface area contributed by atoms with E-state index in [1.165, 1.54) is 34.5 Å². The van der Waals surface area contributed by atoms with Gasteiger partial charge < -0.3 is 9.80 Å². The van der Waals surface area contributed by atoms with Gasteiger partial charge in [-0.3, -0.25) is 9.69 Å². The Hall–Kier alpha value is -2.54. The van der Waals surface area contributed by atoms with Crippen LogP contribution in [0.1, 0.15) is 41.5 Å². The number of halogens is 3. The number of aryl methyl sites for hydroxylation is 2. The third-order valence-electron chi connectivity index (χ3n) is 7.21. The summed E-state index contributed by atoms with van der Waals surface area (Å²) in [6, 6.07) is 10.2. The summed E-state index contributed by atoms with van der Waals surface area (Å²) in [5.41, 5.74) is 5.32. The van der Waals surface area contributed by atoms with Crippen molar-refractivity contribution in [2.45, 2.75) is 44.7 Å². The first-order valence-electron chi connectivity index (χ1n) is 12.0. The molecule has 1 amide bonds. The van der Waals surface area contributed by atoms with E-state index in [0.717, 1.165) is 77.4 Å². The standard InChI is InChI=1S/C26H30F3N3O/c27-26(28,29)22-5-3-6-23(18-22)31-14-12-30(13-15-31)10-2-1-4-19-16-20-7-8-24(33)32-11-9-21(17-19)25(20)32/h3,5-6,16-18H,1-2,4,7-15H2. The van der Waals surface area contributed by atoms with E-state index < -0.39 is 11.7 Å². The van der Waals surface area contributed by atoms with Crippen LogP contribution < -0.4 is 9.80 Å². The highest BCUT2D eigenvalue weighted by atomic mass is 19.4. The van der Waals surface area contributed by atoms with Crippen molar-refractivity contribution in [1.29, 1.82) is 0 Å². The van der Waals surface area contributed by atoms with Crippen LogP contribution in [-0.2, 0) is 30.2 Å². The summed E-state index contributed by atoms with van der Waals surface area (Å²) in [6.07, 6.45) is 1.45. The van der Waals surface area contributed by atoms with E-state index in [1.54, 1.807) is 6.07 Å². The number of hydrogen-bond donors (Lipinski definition) is 0. The zero-order valence-corrected chi connectivity index (χ0v) is 18.8. The first-order chi connectivity index (χ1) is 15.9. The maximum atomic E-state index is 13.0. The average molecular weight is 458 g/mol. The predicted octanol–water partition coefficient (Wildman–Crippen LogP) is 4.69. The van der Waals surface area contributed by atoms with Crippen molar-refractivity contribution in [3.8, 4) is 0 Å².